The minimum Gasteiger partial charge on any atom is -0.143 e. The Morgan fingerprint density at radius 1 is 1.42 bits per heavy atom. The van der Waals surface area contributed by atoms with Crippen LogP contribution in [0.1, 0.15) is 5.56 Å². The van der Waals surface area contributed by atoms with Crippen LogP contribution in [0.25, 0.3) is 10.1 Å². The summed E-state index contributed by atoms with van der Waals surface area (Å²) in [6.45, 7) is 2.04. The molecule has 2 rings (SSSR count). The molecule has 0 atom stereocenters. The van der Waals surface area contributed by atoms with Crippen LogP contribution in [-0.2, 0) is 0 Å². The van der Waals surface area contributed by atoms with Crippen LogP contribution in [0.2, 0.25) is 5.02 Å². The Labute approximate surface area is 93.7 Å². The summed E-state index contributed by atoms with van der Waals surface area (Å²) in [6.07, 6.45) is 0. The average Bonchev–Trinajstić information content (AvgIpc) is 2.41. The molecular weight excluding hydrogens is 303 g/mol. The van der Waals surface area contributed by atoms with Crippen LogP contribution in [-0.4, -0.2) is 0 Å². The third kappa shape index (κ3) is 1.26. The number of halogens is 2. The van der Waals surface area contributed by atoms with Crippen molar-refractivity contribution in [2.45, 2.75) is 6.92 Å². The quantitative estimate of drug-likeness (QED) is 0.630. The second-order valence-electron chi connectivity index (χ2n) is 2.65. The molecule has 0 saturated carbocycles. The first-order valence-corrected chi connectivity index (χ1v) is 5.85. The Kier molecular flexibility index (Phi) is 2.31. The Balaban J connectivity index is 2.96. The van der Waals surface area contributed by atoms with Gasteiger partial charge in [0, 0.05) is 19.0 Å². The fraction of sp³-hybridized carbons (Fsp3) is 0.111. The summed E-state index contributed by atoms with van der Waals surface area (Å²) in [5.41, 5.74) is 1.15. The molecule has 0 unspecified atom stereocenters. The Hall–Kier alpha value is 0.200. The van der Waals surface area contributed by atoms with Gasteiger partial charge in [0.2, 0.25) is 0 Å². The first-order chi connectivity index (χ1) is 5.70. The molecule has 0 radical (unpaired) electrons. The minimum absolute atomic E-state index is 0.901. The van der Waals surface area contributed by atoms with Gasteiger partial charge in [0.1, 0.15) is 0 Å². The van der Waals surface area contributed by atoms with E-state index in [-0.39, 0.29) is 0 Å². The molecule has 0 amide bonds. The number of thiophene rings is 1. The van der Waals surface area contributed by atoms with Crippen molar-refractivity contribution in [3.8, 4) is 0 Å². The lowest BCUT2D eigenvalue weighted by atomic mass is 10.2. The molecule has 2 aromatic rings. The maximum Gasteiger partial charge on any atom is 0.0532 e. The van der Waals surface area contributed by atoms with E-state index in [4.69, 9.17) is 11.6 Å². The summed E-state index contributed by atoms with van der Waals surface area (Å²) >= 11 is 10.2. The van der Waals surface area contributed by atoms with Gasteiger partial charge < -0.3 is 0 Å². The number of rotatable bonds is 0. The zero-order valence-corrected chi connectivity index (χ0v) is 10.1. The van der Waals surface area contributed by atoms with Crippen molar-refractivity contribution < 1.29 is 0 Å². The maximum absolute atomic E-state index is 6.17. The van der Waals surface area contributed by atoms with E-state index < -0.39 is 0 Å². The largest absolute Gasteiger partial charge is 0.143 e. The van der Waals surface area contributed by atoms with Crippen molar-refractivity contribution >= 4 is 55.6 Å². The van der Waals surface area contributed by atoms with E-state index in [0.717, 1.165) is 10.6 Å². The molecule has 62 valence electrons. The molecule has 1 aromatic carbocycles. The Morgan fingerprint density at radius 3 is 2.92 bits per heavy atom. The van der Waals surface area contributed by atoms with Crippen molar-refractivity contribution in [1.82, 2.24) is 0 Å². The predicted octanol–water partition coefficient (Wildman–Crippen LogP) is 4.47. The number of hydrogen-bond donors (Lipinski definition) is 0. The molecule has 1 aromatic heterocycles. The molecule has 0 N–H and O–H groups in total. The van der Waals surface area contributed by atoms with Crippen molar-refractivity contribution in [3.05, 3.63) is 31.7 Å². The number of benzene rings is 1. The highest BCUT2D eigenvalue weighted by molar-refractivity contribution is 14.1. The second-order valence-corrected chi connectivity index (χ2v) is 5.10. The molecule has 0 spiro atoms. The van der Waals surface area contributed by atoms with Crippen LogP contribution in [0, 0.1) is 10.5 Å². The van der Waals surface area contributed by atoms with Gasteiger partial charge in [-0.15, -0.1) is 11.3 Å². The zero-order valence-electron chi connectivity index (χ0n) is 6.40. The van der Waals surface area contributed by atoms with Crippen LogP contribution >= 0.6 is 45.5 Å². The third-order valence-corrected chi connectivity index (χ3v) is 4.53. The lowest BCUT2D eigenvalue weighted by Gasteiger charge is -1.98. The SMILES string of the molecule is Cc1ccc2scc(I)c2c1Cl. The molecule has 0 aliphatic rings. The van der Waals surface area contributed by atoms with Crippen LogP contribution in [0.15, 0.2) is 17.5 Å². The summed E-state index contributed by atoms with van der Waals surface area (Å²) in [7, 11) is 0. The van der Waals surface area contributed by atoms with Crippen LogP contribution in [0.4, 0.5) is 0 Å². The summed E-state index contributed by atoms with van der Waals surface area (Å²) in [5.74, 6) is 0. The van der Waals surface area contributed by atoms with E-state index in [0.29, 0.717) is 0 Å². The van der Waals surface area contributed by atoms with Crippen molar-refractivity contribution in [1.29, 1.82) is 0 Å². The van der Waals surface area contributed by atoms with Gasteiger partial charge in [0.15, 0.2) is 0 Å². The molecule has 0 bridgehead atoms. The van der Waals surface area contributed by atoms with E-state index in [1.165, 1.54) is 13.7 Å². The highest BCUT2D eigenvalue weighted by Gasteiger charge is 2.06. The molecular formula is C9H6ClIS. The molecule has 0 aliphatic heterocycles. The van der Waals surface area contributed by atoms with Crippen LogP contribution in [0.5, 0.6) is 0 Å². The number of aryl methyl sites for hydroxylation is 1. The summed E-state index contributed by atoms with van der Waals surface area (Å²) in [4.78, 5) is 0. The smallest absolute Gasteiger partial charge is 0.0532 e. The fourth-order valence-electron chi connectivity index (χ4n) is 1.16. The maximum atomic E-state index is 6.17. The zero-order chi connectivity index (χ0) is 8.72. The Morgan fingerprint density at radius 2 is 2.17 bits per heavy atom. The standard InChI is InChI=1S/C9H6ClIS/c1-5-2-3-7-8(9(5)10)6(11)4-12-7/h2-4H,1H3. The number of fused-ring (bicyclic) bond motifs is 1. The van der Waals surface area contributed by atoms with E-state index in [1.54, 1.807) is 11.3 Å². The molecule has 0 nitrogen and oxygen atoms in total. The first-order valence-electron chi connectivity index (χ1n) is 3.52. The minimum atomic E-state index is 0.901. The van der Waals surface area contributed by atoms with E-state index >= 15 is 0 Å². The average molecular weight is 309 g/mol. The van der Waals surface area contributed by atoms with Crippen LogP contribution in [0.3, 0.4) is 0 Å². The molecule has 0 fully saturated rings. The van der Waals surface area contributed by atoms with Gasteiger partial charge in [-0.2, -0.15) is 0 Å². The van der Waals surface area contributed by atoms with Gasteiger partial charge in [-0.05, 0) is 41.1 Å². The first kappa shape index (κ1) is 8.78. The van der Waals surface area contributed by atoms with Gasteiger partial charge in [-0.3, -0.25) is 0 Å². The van der Waals surface area contributed by atoms with Gasteiger partial charge >= 0.3 is 0 Å². The fourth-order valence-corrected chi connectivity index (χ4v) is 3.59. The van der Waals surface area contributed by atoms with Crippen LogP contribution < -0.4 is 0 Å². The monoisotopic (exact) mass is 308 g/mol. The third-order valence-electron chi connectivity index (χ3n) is 1.83. The lowest BCUT2D eigenvalue weighted by molar-refractivity contribution is 1.51. The molecule has 12 heavy (non-hydrogen) atoms. The molecule has 3 heteroatoms. The lowest BCUT2D eigenvalue weighted by Crippen LogP contribution is -1.75. The highest BCUT2D eigenvalue weighted by Crippen LogP contribution is 2.34. The van der Waals surface area contributed by atoms with Gasteiger partial charge in [0.05, 0.1) is 5.02 Å². The second kappa shape index (κ2) is 3.16. The van der Waals surface area contributed by atoms with Gasteiger partial charge in [0.25, 0.3) is 0 Å². The summed E-state index contributed by atoms with van der Waals surface area (Å²) in [5, 5.41) is 4.25. The highest BCUT2D eigenvalue weighted by atomic mass is 127. The van der Waals surface area contributed by atoms with Crippen molar-refractivity contribution in [2.75, 3.05) is 0 Å². The molecule has 0 aliphatic carbocycles. The summed E-state index contributed by atoms with van der Waals surface area (Å²) < 4.78 is 2.52. The molecule has 1 heterocycles. The van der Waals surface area contributed by atoms with Gasteiger partial charge in [-0.1, -0.05) is 17.7 Å². The predicted molar refractivity (Wildman–Crippen MR) is 64.3 cm³/mol. The van der Waals surface area contributed by atoms with Crippen molar-refractivity contribution in [3.63, 3.8) is 0 Å². The van der Waals surface area contributed by atoms with Crippen molar-refractivity contribution in [2.24, 2.45) is 0 Å². The Bertz CT molecular complexity index is 433. The van der Waals surface area contributed by atoms with E-state index in [1.807, 2.05) is 6.92 Å². The summed E-state index contributed by atoms with van der Waals surface area (Å²) in [6, 6.07) is 4.20. The van der Waals surface area contributed by atoms with E-state index in [9.17, 15) is 0 Å². The molecule has 0 saturated heterocycles. The van der Waals surface area contributed by atoms with Gasteiger partial charge in [-0.25, -0.2) is 0 Å². The topological polar surface area (TPSA) is 0 Å². The number of hydrogen-bond acceptors (Lipinski definition) is 1. The van der Waals surface area contributed by atoms with E-state index in [2.05, 4.69) is 40.1 Å². The normalized spacial score (nSPS) is 10.9.